The van der Waals surface area contributed by atoms with Crippen molar-refractivity contribution in [1.29, 1.82) is 0 Å². The Bertz CT molecular complexity index is 1020. The molecule has 0 aromatic heterocycles. The Morgan fingerprint density at radius 1 is 0.968 bits per heavy atom. The van der Waals surface area contributed by atoms with Crippen LogP contribution >= 0.6 is 34.8 Å². The SMILES string of the molecule is CC(=O)C1(Cl)C([C@H]2[C@@H](C(=O)OCc3cccc(Oc4ccccc4)c3)C2(C)C)C1(Cl)Cl. The van der Waals surface area contributed by atoms with Gasteiger partial charge in [-0.1, -0.05) is 67.4 Å². The summed E-state index contributed by atoms with van der Waals surface area (Å²) < 4.78 is 10.0. The van der Waals surface area contributed by atoms with Crippen LogP contribution in [0.4, 0.5) is 0 Å². The molecule has 4 atom stereocenters. The predicted molar refractivity (Wildman–Crippen MR) is 121 cm³/mol. The fourth-order valence-corrected chi connectivity index (χ4v) is 6.11. The molecule has 2 aromatic carbocycles. The molecule has 0 spiro atoms. The van der Waals surface area contributed by atoms with Gasteiger partial charge in [0.25, 0.3) is 0 Å². The van der Waals surface area contributed by atoms with E-state index in [1.807, 2.05) is 68.4 Å². The fraction of sp³-hybridized carbons (Fsp3) is 0.417. The maximum atomic E-state index is 12.8. The molecule has 2 aliphatic carbocycles. The molecule has 4 nitrogen and oxygen atoms in total. The van der Waals surface area contributed by atoms with Gasteiger partial charge in [0.2, 0.25) is 0 Å². The van der Waals surface area contributed by atoms with Crippen LogP contribution in [0.5, 0.6) is 11.5 Å². The summed E-state index contributed by atoms with van der Waals surface area (Å²) in [4.78, 5) is 23.5. The Morgan fingerprint density at radius 2 is 1.61 bits per heavy atom. The van der Waals surface area contributed by atoms with Gasteiger partial charge >= 0.3 is 5.97 Å². The molecule has 0 heterocycles. The second-order valence-electron chi connectivity index (χ2n) is 8.86. The molecule has 0 N–H and O–H groups in total. The van der Waals surface area contributed by atoms with Gasteiger partial charge in [0, 0.05) is 5.92 Å². The van der Waals surface area contributed by atoms with Crippen LogP contribution in [0.3, 0.4) is 0 Å². The molecule has 2 saturated carbocycles. The zero-order chi connectivity index (χ0) is 22.6. The molecule has 2 aromatic rings. The van der Waals surface area contributed by atoms with Gasteiger partial charge in [0.1, 0.15) is 27.3 Å². The van der Waals surface area contributed by atoms with Crippen LogP contribution in [0.1, 0.15) is 26.3 Å². The number of carbonyl (C=O) groups excluding carboxylic acids is 2. The minimum atomic E-state index is -1.37. The number of ether oxygens (including phenoxy) is 2. The number of alkyl halides is 3. The van der Waals surface area contributed by atoms with Crippen molar-refractivity contribution in [2.75, 3.05) is 0 Å². The van der Waals surface area contributed by atoms with Crippen molar-refractivity contribution in [3.63, 3.8) is 0 Å². The summed E-state index contributed by atoms with van der Waals surface area (Å²) in [6.07, 6.45) is 0. The minimum absolute atomic E-state index is 0.112. The first-order valence-corrected chi connectivity index (χ1v) is 11.2. The van der Waals surface area contributed by atoms with E-state index in [0.717, 1.165) is 11.3 Å². The van der Waals surface area contributed by atoms with Gasteiger partial charge in [-0.15, -0.1) is 11.6 Å². The van der Waals surface area contributed by atoms with Gasteiger partial charge in [-0.2, -0.15) is 0 Å². The zero-order valence-electron chi connectivity index (χ0n) is 17.4. The Labute approximate surface area is 196 Å². The standard InChI is InChI=1S/C24H23Cl3O4/c1-14(28)23(25)20(24(23,26)27)18-19(22(18,2)3)21(29)30-13-15-8-7-11-17(12-15)31-16-9-5-4-6-10-16/h4-12,18-20H,13H2,1-3H3/t18-,19+,20?,23?/m1/s1. The molecule has 7 heteroatoms. The lowest BCUT2D eigenvalue weighted by Gasteiger charge is -2.09. The lowest BCUT2D eigenvalue weighted by molar-refractivity contribution is -0.147. The highest BCUT2D eigenvalue weighted by molar-refractivity contribution is 6.62. The third kappa shape index (κ3) is 3.73. The lowest BCUT2D eigenvalue weighted by atomic mass is 10.0. The Balaban J connectivity index is 1.40. The van der Waals surface area contributed by atoms with Crippen LogP contribution in [0, 0.1) is 23.2 Å². The van der Waals surface area contributed by atoms with Crippen molar-refractivity contribution in [3.8, 4) is 11.5 Å². The summed E-state index contributed by atoms with van der Waals surface area (Å²) in [6.45, 7) is 5.37. The summed E-state index contributed by atoms with van der Waals surface area (Å²) in [5.41, 5.74) is 0.406. The van der Waals surface area contributed by atoms with Crippen molar-refractivity contribution in [2.24, 2.45) is 23.2 Å². The number of esters is 1. The van der Waals surface area contributed by atoms with Crippen molar-refractivity contribution in [2.45, 2.75) is 36.6 Å². The zero-order valence-corrected chi connectivity index (χ0v) is 19.7. The van der Waals surface area contributed by atoms with Gasteiger partial charge < -0.3 is 9.47 Å². The van der Waals surface area contributed by atoms with E-state index < -0.39 is 26.5 Å². The second-order valence-corrected chi connectivity index (χ2v) is 10.8. The second kappa shape index (κ2) is 7.68. The summed E-state index contributed by atoms with van der Waals surface area (Å²) in [5, 5.41) is 0. The molecule has 164 valence electrons. The highest BCUT2D eigenvalue weighted by Gasteiger charge is 2.87. The Morgan fingerprint density at radius 3 is 2.23 bits per heavy atom. The fourth-order valence-electron chi connectivity index (χ4n) is 4.64. The van der Waals surface area contributed by atoms with Crippen LogP contribution in [0.2, 0.25) is 0 Å². The first-order valence-electron chi connectivity index (χ1n) is 10.1. The van der Waals surface area contributed by atoms with E-state index in [4.69, 9.17) is 44.3 Å². The molecule has 31 heavy (non-hydrogen) atoms. The van der Waals surface area contributed by atoms with Gasteiger partial charge in [-0.3, -0.25) is 9.59 Å². The average molecular weight is 482 g/mol. The van der Waals surface area contributed by atoms with E-state index in [-0.39, 0.29) is 24.3 Å². The molecular weight excluding hydrogens is 459 g/mol. The quantitative estimate of drug-likeness (QED) is 0.351. The third-order valence-electron chi connectivity index (χ3n) is 6.52. The van der Waals surface area contributed by atoms with E-state index in [1.165, 1.54) is 6.92 Å². The van der Waals surface area contributed by atoms with E-state index in [1.54, 1.807) is 0 Å². The minimum Gasteiger partial charge on any atom is -0.461 e. The molecule has 0 bridgehead atoms. The predicted octanol–water partition coefficient (Wildman–Crippen LogP) is 6.16. The molecule has 4 rings (SSSR count). The molecule has 0 amide bonds. The molecule has 2 fully saturated rings. The van der Waals surface area contributed by atoms with Crippen molar-refractivity contribution in [3.05, 3.63) is 60.2 Å². The lowest BCUT2D eigenvalue weighted by Crippen LogP contribution is -2.20. The normalized spacial score (nSPS) is 29.7. The summed E-state index contributed by atoms with van der Waals surface area (Å²) in [6, 6.07) is 16.8. The molecule has 0 aliphatic heterocycles. The molecule has 0 saturated heterocycles. The van der Waals surface area contributed by atoms with Crippen LogP contribution in [0.15, 0.2) is 54.6 Å². The Kier molecular flexibility index (Phi) is 5.56. The van der Waals surface area contributed by atoms with E-state index in [9.17, 15) is 9.59 Å². The third-order valence-corrected chi connectivity index (χ3v) is 8.57. The molecular formula is C24H23Cl3O4. The number of rotatable bonds is 7. The maximum Gasteiger partial charge on any atom is 0.310 e. The number of halogens is 3. The Hall–Kier alpha value is -1.75. The first-order chi connectivity index (χ1) is 14.5. The van der Waals surface area contributed by atoms with Crippen LogP contribution < -0.4 is 4.74 Å². The number of ketones is 1. The van der Waals surface area contributed by atoms with Crippen LogP contribution in [0.25, 0.3) is 0 Å². The summed E-state index contributed by atoms with van der Waals surface area (Å²) in [7, 11) is 0. The average Bonchev–Trinajstić information content (AvgIpc) is 3.44. The van der Waals surface area contributed by atoms with Gasteiger partial charge in [0.05, 0.1) is 5.92 Å². The smallest absolute Gasteiger partial charge is 0.310 e. The summed E-state index contributed by atoms with van der Waals surface area (Å²) in [5.74, 6) is -0.369. The number of hydrogen-bond donors (Lipinski definition) is 0. The van der Waals surface area contributed by atoms with Crippen molar-refractivity contribution < 1.29 is 19.1 Å². The molecule has 0 radical (unpaired) electrons. The summed E-state index contributed by atoms with van der Waals surface area (Å²) >= 11 is 19.1. The van der Waals surface area contributed by atoms with Gasteiger partial charge in [0.15, 0.2) is 5.78 Å². The molecule has 2 unspecified atom stereocenters. The number of Topliss-reactive ketones (excluding diaryl/α,β-unsaturated/α-hetero) is 1. The van der Waals surface area contributed by atoms with Crippen molar-refractivity contribution in [1.82, 2.24) is 0 Å². The monoisotopic (exact) mass is 480 g/mol. The van der Waals surface area contributed by atoms with E-state index >= 15 is 0 Å². The van der Waals surface area contributed by atoms with Gasteiger partial charge in [-0.25, -0.2) is 0 Å². The molecule has 2 aliphatic rings. The van der Waals surface area contributed by atoms with Crippen molar-refractivity contribution >= 4 is 46.6 Å². The highest BCUT2D eigenvalue weighted by atomic mass is 35.5. The largest absolute Gasteiger partial charge is 0.461 e. The highest BCUT2D eigenvalue weighted by Crippen LogP contribution is 2.79. The van der Waals surface area contributed by atoms with Crippen LogP contribution in [-0.2, 0) is 20.9 Å². The van der Waals surface area contributed by atoms with Gasteiger partial charge in [-0.05, 0) is 48.1 Å². The maximum absolute atomic E-state index is 12.8. The van der Waals surface area contributed by atoms with E-state index in [0.29, 0.717) is 5.75 Å². The van der Waals surface area contributed by atoms with E-state index in [2.05, 4.69) is 0 Å². The number of benzene rings is 2. The number of carbonyl (C=O) groups is 2. The number of hydrogen-bond acceptors (Lipinski definition) is 4. The first kappa shape index (κ1) is 22.4. The topological polar surface area (TPSA) is 52.6 Å². The van der Waals surface area contributed by atoms with Crippen LogP contribution in [-0.4, -0.2) is 21.0 Å². The number of para-hydroxylation sites is 1.